The number of hydrogen-bond acceptors (Lipinski definition) is 6. The molecule has 0 spiro atoms. The van der Waals surface area contributed by atoms with Gasteiger partial charge in [-0.1, -0.05) is 0 Å². The molecule has 1 amide bonds. The van der Waals surface area contributed by atoms with Gasteiger partial charge in [-0.05, 0) is 0 Å². The van der Waals surface area contributed by atoms with Crippen LogP contribution in [0.2, 0.25) is 0 Å². The van der Waals surface area contributed by atoms with Gasteiger partial charge >= 0.3 is 0 Å². The molecule has 0 fully saturated rings. The van der Waals surface area contributed by atoms with E-state index in [0.29, 0.717) is 0 Å². The third kappa shape index (κ3) is 3.95. The molecule has 0 heterocycles. The molecule has 0 saturated heterocycles. The molecule has 0 saturated carbocycles. The highest BCUT2D eigenvalue weighted by molar-refractivity contribution is 6.37. The highest BCUT2D eigenvalue weighted by Crippen LogP contribution is 1.84. The van der Waals surface area contributed by atoms with Crippen LogP contribution in [0.15, 0.2) is 0 Å². The van der Waals surface area contributed by atoms with Crippen molar-refractivity contribution >= 4 is 11.7 Å². The van der Waals surface area contributed by atoms with Crippen LogP contribution < -0.4 is 16.8 Å². The molecule has 2 atom stereocenters. The topological polar surface area (TPSA) is 139 Å². The molecule has 0 rings (SSSR count). The van der Waals surface area contributed by atoms with E-state index in [1.54, 1.807) is 0 Å². The van der Waals surface area contributed by atoms with Crippen LogP contribution in [0.25, 0.3) is 0 Å². The van der Waals surface area contributed by atoms with Crippen LogP contribution in [-0.4, -0.2) is 47.3 Å². The molecule has 7 heteroatoms. The zero-order valence-electron chi connectivity index (χ0n) is 6.93. The number of amides is 1. The van der Waals surface area contributed by atoms with Gasteiger partial charge in [0.05, 0.1) is 12.8 Å². The Hall–Kier alpha value is -1.02. The highest BCUT2D eigenvalue weighted by Gasteiger charge is 2.23. The number of carbonyl (C=O) groups is 2. The predicted molar refractivity (Wildman–Crippen MR) is 43.3 cm³/mol. The summed E-state index contributed by atoms with van der Waals surface area (Å²) in [4.78, 5) is 21.7. The minimum absolute atomic E-state index is 0.0196. The van der Waals surface area contributed by atoms with E-state index in [1.807, 2.05) is 5.32 Å². The first-order valence-electron chi connectivity index (χ1n) is 3.62. The Morgan fingerprint density at radius 3 is 2.38 bits per heavy atom. The first kappa shape index (κ1) is 12.0. The van der Waals surface area contributed by atoms with Crippen molar-refractivity contribution in [2.75, 3.05) is 13.2 Å². The lowest BCUT2D eigenvalue weighted by Gasteiger charge is -2.11. The van der Waals surface area contributed by atoms with Crippen molar-refractivity contribution in [2.45, 2.75) is 12.3 Å². The molecule has 76 valence electrons. The molecule has 0 aromatic rings. The minimum atomic E-state index is -1.70. The summed E-state index contributed by atoms with van der Waals surface area (Å²) in [5.41, 5.74) is 10.3. The van der Waals surface area contributed by atoms with Crippen molar-refractivity contribution in [1.82, 2.24) is 5.32 Å². The van der Waals surface area contributed by atoms with Gasteiger partial charge in [0.25, 0.3) is 11.7 Å². The molecule has 0 aromatic heterocycles. The highest BCUT2D eigenvalue weighted by atomic mass is 16.3. The first-order chi connectivity index (χ1) is 6.02. The van der Waals surface area contributed by atoms with Gasteiger partial charge in [-0.3, -0.25) is 9.59 Å². The Labute approximate surface area is 74.7 Å². The Morgan fingerprint density at radius 1 is 1.46 bits per heavy atom. The van der Waals surface area contributed by atoms with Crippen LogP contribution in [0.3, 0.4) is 0 Å². The summed E-state index contributed by atoms with van der Waals surface area (Å²) < 4.78 is 0. The first-order valence-corrected chi connectivity index (χ1v) is 3.62. The van der Waals surface area contributed by atoms with Gasteiger partial charge in [0.15, 0.2) is 0 Å². The van der Waals surface area contributed by atoms with Crippen molar-refractivity contribution in [3.8, 4) is 0 Å². The molecule has 7 nitrogen and oxygen atoms in total. The number of hydrogen-bond donors (Lipinski definition) is 5. The van der Waals surface area contributed by atoms with Gasteiger partial charge in [-0.25, -0.2) is 0 Å². The fraction of sp³-hybridized carbons (Fsp3) is 0.667. The molecule has 0 bridgehead atoms. The summed E-state index contributed by atoms with van der Waals surface area (Å²) in [7, 11) is 0. The van der Waals surface area contributed by atoms with E-state index in [1.165, 1.54) is 0 Å². The molecular weight excluding hydrogens is 178 g/mol. The maximum atomic E-state index is 10.8. The van der Waals surface area contributed by atoms with E-state index in [2.05, 4.69) is 0 Å². The molecule has 0 aliphatic heterocycles. The maximum absolute atomic E-state index is 10.8. The summed E-state index contributed by atoms with van der Waals surface area (Å²) >= 11 is 0. The zero-order valence-corrected chi connectivity index (χ0v) is 6.93. The van der Waals surface area contributed by atoms with Gasteiger partial charge in [-0.15, -0.1) is 0 Å². The summed E-state index contributed by atoms with van der Waals surface area (Å²) in [5.74, 6) is -2.19. The van der Waals surface area contributed by atoms with Crippen LogP contribution in [0.1, 0.15) is 0 Å². The number of ketones is 1. The quantitative estimate of drug-likeness (QED) is 0.223. The van der Waals surface area contributed by atoms with Crippen molar-refractivity contribution in [2.24, 2.45) is 11.5 Å². The SMILES string of the molecule is NCC(N)NC(=O)C(=O)C(O)CO. The van der Waals surface area contributed by atoms with Crippen molar-refractivity contribution in [3.63, 3.8) is 0 Å². The Kier molecular flexibility index (Phi) is 5.16. The molecule has 0 radical (unpaired) electrons. The van der Waals surface area contributed by atoms with Crippen LogP contribution in [-0.2, 0) is 9.59 Å². The summed E-state index contributed by atoms with van der Waals surface area (Å²) in [6.45, 7) is -0.821. The molecule has 7 N–H and O–H groups in total. The smallest absolute Gasteiger partial charge is 0.291 e. The lowest BCUT2D eigenvalue weighted by molar-refractivity contribution is -0.144. The normalized spacial score (nSPS) is 14.8. The fourth-order valence-corrected chi connectivity index (χ4v) is 0.533. The van der Waals surface area contributed by atoms with Gasteiger partial charge < -0.3 is 27.0 Å². The second kappa shape index (κ2) is 5.60. The Morgan fingerprint density at radius 2 is 2.00 bits per heavy atom. The summed E-state index contributed by atoms with van der Waals surface area (Å²) in [5, 5.41) is 19.1. The number of nitrogens with two attached hydrogens (primary N) is 2. The fourth-order valence-electron chi connectivity index (χ4n) is 0.533. The van der Waals surface area contributed by atoms with E-state index in [0.717, 1.165) is 0 Å². The van der Waals surface area contributed by atoms with E-state index in [-0.39, 0.29) is 6.54 Å². The molecular formula is C6H13N3O4. The third-order valence-corrected chi connectivity index (χ3v) is 1.27. The second-order valence-electron chi connectivity index (χ2n) is 2.38. The van der Waals surface area contributed by atoms with Crippen LogP contribution in [0, 0.1) is 0 Å². The second-order valence-corrected chi connectivity index (χ2v) is 2.38. The van der Waals surface area contributed by atoms with E-state index in [9.17, 15) is 9.59 Å². The molecule has 0 aromatic carbocycles. The van der Waals surface area contributed by atoms with Crippen LogP contribution >= 0.6 is 0 Å². The third-order valence-electron chi connectivity index (χ3n) is 1.27. The Balaban J connectivity index is 4.04. The largest absolute Gasteiger partial charge is 0.393 e. The van der Waals surface area contributed by atoms with Crippen LogP contribution in [0.4, 0.5) is 0 Å². The van der Waals surface area contributed by atoms with Crippen LogP contribution in [0.5, 0.6) is 0 Å². The van der Waals surface area contributed by atoms with Gasteiger partial charge in [-0.2, -0.15) is 0 Å². The summed E-state index contributed by atoms with van der Waals surface area (Å²) in [6.07, 6.45) is -2.53. The average molecular weight is 191 g/mol. The molecule has 0 aliphatic rings. The lowest BCUT2D eigenvalue weighted by atomic mass is 10.2. The van der Waals surface area contributed by atoms with E-state index < -0.39 is 30.6 Å². The predicted octanol–water partition coefficient (Wildman–Crippen LogP) is -3.73. The zero-order chi connectivity index (χ0) is 10.4. The molecule has 13 heavy (non-hydrogen) atoms. The average Bonchev–Trinajstić information content (AvgIpc) is 2.14. The monoisotopic (exact) mass is 191 g/mol. The maximum Gasteiger partial charge on any atom is 0.291 e. The van der Waals surface area contributed by atoms with E-state index in [4.69, 9.17) is 21.7 Å². The number of aliphatic hydroxyl groups excluding tert-OH is 2. The van der Waals surface area contributed by atoms with Crippen molar-refractivity contribution in [3.05, 3.63) is 0 Å². The molecule has 2 unspecified atom stereocenters. The minimum Gasteiger partial charge on any atom is -0.393 e. The van der Waals surface area contributed by atoms with Crippen molar-refractivity contribution in [1.29, 1.82) is 0 Å². The van der Waals surface area contributed by atoms with Crippen molar-refractivity contribution < 1.29 is 19.8 Å². The lowest BCUT2D eigenvalue weighted by Crippen LogP contribution is -2.51. The Bertz CT molecular complexity index is 196. The van der Waals surface area contributed by atoms with E-state index >= 15 is 0 Å². The number of Topliss-reactive ketones (excluding diaryl/α,β-unsaturated/α-hetero) is 1. The summed E-state index contributed by atoms with van der Waals surface area (Å²) in [6, 6.07) is 0. The molecule has 0 aliphatic carbocycles. The van der Waals surface area contributed by atoms with Gasteiger partial charge in [0.1, 0.15) is 6.10 Å². The van der Waals surface area contributed by atoms with Gasteiger partial charge in [0.2, 0.25) is 0 Å². The number of aliphatic hydroxyl groups is 2. The van der Waals surface area contributed by atoms with Gasteiger partial charge in [0, 0.05) is 6.54 Å². The number of rotatable bonds is 5. The number of nitrogens with one attached hydrogen (secondary N) is 1. The standard InChI is InChI=1S/C6H13N3O4/c7-1-4(8)9-6(13)5(12)3(11)2-10/h3-4,10-11H,1-2,7-8H2,(H,9,13). The number of carbonyl (C=O) groups excluding carboxylic acids is 2.